The summed E-state index contributed by atoms with van der Waals surface area (Å²) in [7, 11) is 0. The van der Waals surface area contributed by atoms with Crippen molar-refractivity contribution >= 4 is 0 Å². The molecule has 2 heteroatoms. The largest absolute Gasteiger partial charge is 0.386 e. The van der Waals surface area contributed by atoms with E-state index in [9.17, 15) is 5.11 Å². The summed E-state index contributed by atoms with van der Waals surface area (Å²) < 4.78 is 5.41. The summed E-state index contributed by atoms with van der Waals surface area (Å²) in [6, 6.07) is 0. The number of hydrogen-bond acceptors (Lipinski definition) is 2. The Morgan fingerprint density at radius 1 is 1.36 bits per heavy atom. The van der Waals surface area contributed by atoms with Crippen LogP contribution in [-0.2, 0) is 4.74 Å². The zero-order valence-corrected chi connectivity index (χ0v) is 9.28. The molecule has 0 aliphatic carbocycles. The summed E-state index contributed by atoms with van der Waals surface area (Å²) in [4.78, 5) is 0. The molecular weight excluding hydrogens is 176 g/mol. The Kier molecular flexibility index (Phi) is 5.20. The van der Waals surface area contributed by atoms with Crippen molar-refractivity contribution in [3.63, 3.8) is 0 Å². The lowest BCUT2D eigenvalue weighted by atomic mass is 10.1. The fourth-order valence-corrected chi connectivity index (χ4v) is 1.77. The highest BCUT2D eigenvalue weighted by Crippen LogP contribution is 2.30. The molecule has 1 fully saturated rings. The molecule has 3 atom stereocenters. The molecule has 14 heavy (non-hydrogen) atoms. The lowest BCUT2D eigenvalue weighted by Crippen LogP contribution is -2.13. The number of ether oxygens (including phenoxy) is 1. The molecule has 1 rings (SSSR count). The minimum absolute atomic E-state index is 0.0767. The quantitative estimate of drug-likeness (QED) is 0.387. The van der Waals surface area contributed by atoms with Gasteiger partial charge < -0.3 is 9.84 Å². The third kappa shape index (κ3) is 3.81. The Morgan fingerprint density at radius 3 is 2.79 bits per heavy atom. The van der Waals surface area contributed by atoms with Crippen LogP contribution in [-0.4, -0.2) is 23.4 Å². The number of aliphatic hydroxyl groups excluding tert-OH is 1. The van der Waals surface area contributed by atoms with E-state index in [1.165, 1.54) is 25.7 Å². The van der Waals surface area contributed by atoms with E-state index in [0.29, 0.717) is 6.10 Å². The van der Waals surface area contributed by atoms with Gasteiger partial charge in [-0.25, -0.2) is 0 Å². The molecule has 1 aliphatic rings. The van der Waals surface area contributed by atoms with Gasteiger partial charge in [0, 0.05) is 0 Å². The molecule has 1 aliphatic heterocycles. The Labute approximate surface area is 87.0 Å². The highest BCUT2D eigenvalue weighted by molar-refractivity contribution is 5.00. The van der Waals surface area contributed by atoms with Gasteiger partial charge in [-0.1, -0.05) is 44.8 Å². The van der Waals surface area contributed by atoms with E-state index in [-0.39, 0.29) is 6.10 Å². The van der Waals surface area contributed by atoms with Crippen molar-refractivity contribution < 1.29 is 9.84 Å². The average Bonchev–Trinajstić information content (AvgIpc) is 2.92. The molecule has 0 bridgehead atoms. The molecule has 2 nitrogen and oxygen atoms in total. The highest BCUT2D eigenvalue weighted by atomic mass is 16.6. The van der Waals surface area contributed by atoms with Gasteiger partial charge in [0.15, 0.2) is 0 Å². The van der Waals surface area contributed by atoms with Crippen molar-refractivity contribution in [3.8, 4) is 0 Å². The molecule has 0 unspecified atom stereocenters. The number of rotatable bonds is 7. The van der Waals surface area contributed by atoms with Gasteiger partial charge >= 0.3 is 0 Å². The summed E-state index contributed by atoms with van der Waals surface area (Å²) in [6.45, 7) is 4.13. The monoisotopic (exact) mass is 198 g/mol. The minimum Gasteiger partial charge on any atom is -0.386 e. The predicted molar refractivity (Wildman–Crippen MR) is 58.2 cm³/mol. The summed E-state index contributed by atoms with van der Waals surface area (Å²) >= 11 is 0. The fourth-order valence-electron chi connectivity index (χ4n) is 1.77. The maximum Gasteiger partial charge on any atom is 0.114 e. The van der Waals surface area contributed by atoms with E-state index in [4.69, 9.17) is 4.74 Å². The van der Waals surface area contributed by atoms with Gasteiger partial charge in [-0.05, 0) is 13.3 Å². The number of aliphatic hydroxyl groups is 1. The Balaban J connectivity index is 2.02. The first kappa shape index (κ1) is 11.7. The lowest BCUT2D eigenvalue weighted by molar-refractivity contribution is 0.177. The molecule has 1 heterocycles. The van der Waals surface area contributed by atoms with Crippen LogP contribution in [0.25, 0.3) is 0 Å². The van der Waals surface area contributed by atoms with Crippen LogP contribution in [0.15, 0.2) is 12.2 Å². The van der Waals surface area contributed by atoms with Crippen LogP contribution < -0.4 is 0 Å². The van der Waals surface area contributed by atoms with Crippen molar-refractivity contribution in [3.05, 3.63) is 12.2 Å². The number of allylic oxidation sites excluding steroid dienone is 1. The molecular formula is C12H22O2. The van der Waals surface area contributed by atoms with Gasteiger partial charge in [-0.2, -0.15) is 0 Å². The summed E-state index contributed by atoms with van der Waals surface area (Å²) in [6.07, 6.45) is 9.91. The van der Waals surface area contributed by atoms with Crippen LogP contribution in [0.4, 0.5) is 0 Å². The Morgan fingerprint density at radius 2 is 2.14 bits per heavy atom. The number of hydrogen-bond donors (Lipinski definition) is 1. The third-order valence-corrected chi connectivity index (χ3v) is 2.69. The smallest absolute Gasteiger partial charge is 0.114 e. The molecule has 0 saturated carbocycles. The van der Waals surface area contributed by atoms with Crippen LogP contribution in [0.3, 0.4) is 0 Å². The van der Waals surface area contributed by atoms with Crippen molar-refractivity contribution in [1.82, 2.24) is 0 Å². The van der Waals surface area contributed by atoms with Gasteiger partial charge in [-0.3, -0.25) is 0 Å². The molecule has 0 aromatic carbocycles. The van der Waals surface area contributed by atoms with E-state index < -0.39 is 6.10 Å². The van der Waals surface area contributed by atoms with Gasteiger partial charge in [0.25, 0.3) is 0 Å². The van der Waals surface area contributed by atoms with Crippen LogP contribution in [0.2, 0.25) is 0 Å². The van der Waals surface area contributed by atoms with Crippen molar-refractivity contribution in [1.29, 1.82) is 0 Å². The molecule has 1 saturated heterocycles. The maximum absolute atomic E-state index is 9.55. The molecule has 1 N–H and O–H groups in total. The SMILES string of the molecule is C/C=C/[C@H](O)[C@H]1O[C@H]1CCCCCC. The topological polar surface area (TPSA) is 32.8 Å². The summed E-state index contributed by atoms with van der Waals surface area (Å²) in [5, 5.41) is 9.55. The first-order valence-electron chi connectivity index (χ1n) is 5.76. The lowest BCUT2D eigenvalue weighted by Gasteiger charge is -1.99. The molecule has 82 valence electrons. The van der Waals surface area contributed by atoms with Gasteiger partial charge in [0.2, 0.25) is 0 Å². The standard InChI is InChI=1S/C12H22O2/c1-3-5-6-7-9-11-12(14-11)10(13)8-4-2/h4,8,10-13H,3,5-7,9H2,1-2H3/b8-4+/t10-,11-,12+/m0/s1. The zero-order chi connectivity index (χ0) is 10.4. The first-order chi connectivity index (χ1) is 6.79. The van der Waals surface area contributed by atoms with Crippen molar-refractivity contribution in [2.45, 2.75) is 64.3 Å². The second-order valence-electron chi connectivity index (χ2n) is 4.00. The molecule has 0 amide bonds. The van der Waals surface area contributed by atoms with Crippen LogP contribution in [0.5, 0.6) is 0 Å². The van der Waals surface area contributed by atoms with E-state index in [1.807, 2.05) is 13.0 Å². The normalized spacial score (nSPS) is 28.2. The molecule has 0 spiro atoms. The predicted octanol–water partition coefficient (Wildman–Crippen LogP) is 2.66. The maximum atomic E-state index is 9.55. The van der Waals surface area contributed by atoms with E-state index in [0.717, 1.165) is 6.42 Å². The molecule has 0 aromatic rings. The van der Waals surface area contributed by atoms with Crippen molar-refractivity contribution in [2.24, 2.45) is 0 Å². The molecule has 0 radical (unpaired) electrons. The van der Waals surface area contributed by atoms with E-state index in [2.05, 4.69) is 6.92 Å². The van der Waals surface area contributed by atoms with Gasteiger partial charge in [0.1, 0.15) is 12.2 Å². The number of epoxide rings is 1. The highest BCUT2D eigenvalue weighted by Gasteiger charge is 2.42. The average molecular weight is 198 g/mol. The van der Waals surface area contributed by atoms with E-state index >= 15 is 0 Å². The third-order valence-electron chi connectivity index (χ3n) is 2.69. The Hall–Kier alpha value is -0.340. The van der Waals surface area contributed by atoms with Crippen molar-refractivity contribution in [2.75, 3.05) is 0 Å². The van der Waals surface area contributed by atoms with Crippen LogP contribution in [0.1, 0.15) is 46.0 Å². The second-order valence-corrected chi connectivity index (χ2v) is 4.00. The molecule has 0 aromatic heterocycles. The zero-order valence-electron chi connectivity index (χ0n) is 9.28. The van der Waals surface area contributed by atoms with Crippen LogP contribution in [0, 0.1) is 0 Å². The fraction of sp³-hybridized carbons (Fsp3) is 0.833. The number of unbranched alkanes of at least 4 members (excludes halogenated alkanes) is 3. The summed E-state index contributed by atoms with van der Waals surface area (Å²) in [5.41, 5.74) is 0. The first-order valence-corrected chi connectivity index (χ1v) is 5.76. The van der Waals surface area contributed by atoms with Gasteiger partial charge in [0.05, 0.1) is 6.10 Å². The minimum atomic E-state index is -0.392. The van der Waals surface area contributed by atoms with Crippen LogP contribution >= 0.6 is 0 Å². The Bertz CT molecular complexity index is 177. The van der Waals surface area contributed by atoms with E-state index in [1.54, 1.807) is 6.08 Å². The second kappa shape index (κ2) is 6.20. The summed E-state index contributed by atoms with van der Waals surface area (Å²) in [5.74, 6) is 0. The van der Waals surface area contributed by atoms with Gasteiger partial charge in [-0.15, -0.1) is 0 Å².